The molecule has 0 aliphatic carbocycles. The van der Waals surface area contributed by atoms with Gasteiger partial charge in [-0.3, -0.25) is 34.3 Å². The number of piperazine rings is 1. The van der Waals surface area contributed by atoms with Crippen molar-refractivity contribution in [3.63, 3.8) is 0 Å². The number of carbonyl (C=O) groups is 4. The minimum absolute atomic E-state index is 0.0571. The molecular formula is C47H56ClN8O7P. The Morgan fingerprint density at radius 2 is 1.70 bits per heavy atom. The maximum Gasteiger partial charge on any atom is 0.255 e. The Labute approximate surface area is 379 Å². The van der Waals surface area contributed by atoms with Gasteiger partial charge in [0.05, 0.1) is 37.5 Å². The molecule has 5 heterocycles. The number of methoxy groups -OCH3 is 1. The second-order valence-corrected chi connectivity index (χ2v) is 20.9. The lowest BCUT2D eigenvalue weighted by Gasteiger charge is -2.43. The first-order valence-electron chi connectivity index (χ1n) is 22.0. The van der Waals surface area contributed by atoms with E-state index in [0.717, 1.165) is 80.0 Å². The average Bonchev–Trinajstić information content (AvgIpc) is 3.62. The topological polar surface area (TPSA) is 167 Å². The smallest absolute Gasteiger partial charge is 0.255 e. The molecule has 4 amide bonds. The Balaban J connectivity index is 0.759. The summed E-state index contributed by atoms with van der Waals surface area (Å²) in [6.07, 6.45) is 5.19. The van der Waals surface area contributed by atoms with E-state index in [1.54, 1.807) is 44.8 Å². The van der Waals surface area contributed by atoms with Crippen LogP contribution in [0.3, 0.4) is 0 Å². The lowest BCUT2D eigenvalue weighted by Crippen LogP contribution is -2.54. The van der Waals surface area contributed by atoms with Gasteiger partial charge in [0.15, 0.2) is 0 Å². The van der Waals surface area contributed by atoms with Crippen LogP contribution >= 0.6 is 18.7 Å². The van der Waals surface area contributed by atoms with E-state index in [0.29, 0.717) is 71.8 Å². The van der Waals surface area contributed by atoms with Crippen LogP contribution < -0.4 is 30.3 Å². The number of fused-ring (bicyclic) bond motifs is 1. The van der Waals surface area contributed by atoms with Gasteiger partial charge in [0, 0.05) is 105 Å². The number of piperidine rings is 2. The summed E-state index contributed by atoms with van der Waals surface area (Å²) in [7, 11) is -0.791. The fourth-order valence-electron chi connectivity index (χ4n) is 9.34. The maximum absolute atomic E-state index is 13.1. The lowest BCUT2D eigenvalue weighted by molar-refractivity contribution is -0.137. The summed E-state index contributed by atoms with van der Waals surface area (Å²) in [6, 6.07) is 19.2. The number of ether oxygens (including phenoxy) is 2. The second-order valence-electron chi connectivity index (χ2n) is 17.3. The number of hydrogen-bond acceptors (Lipinski definition) is 12. The van der Waals surface area contributed by atoms with Crippen molar-refractivity contribution >= 4 is 53.4 Å². The Bertz CT molecular complexity index is 2450. The molecular weight excluding hydrogens is 855 g/mol. The van der Waals surface area contributed by atoms with Crippen LogP contribution in [0.25, 0.3) is 0 Å². The Morgan fingerprint density at radius 1 is 0.922 bits per heavy atom. The average molecular weight is 911 g/mol. The summed E-state index contributed by atoms with van der Waals surface area (Å²) >= 11 is 6.57. The Hall–Kier alpha value is -5.34. The summed E-state index contributed by atoms with van der Waals surface area (Å²) in [4.78, 5) is 68.1. The van der Waals surface area contributed by atoms with Crippen molar-refractivity contribution in [2.75, 3.05) is 84.3 Å². The van der Waals surface area contributed by atoms with Crippen LogP contribution in [-0.2, 0) is 38.3 Å². The predicted molar refractivity (Wildman–Crippen MR) is 245 cm³/mol. The zero-order valence-electron chi connectivity index (χ0n) is 36.7. The number of aromatic nitrogens is 2. The number of anilines is 1. The normalized spacial score (nSPS) is 18.8. The second kappa shape index (κ2) is 19.8. The summed E-state index contributed by atoms with van der Waals surface area (Å²) in [5.41, 5.74) is 4.96. The first-order valence-corrected chi connectivity index (χ1v) is 25.0. The zero-order chi connectivity index (χ0) is 45.0. The summed E-state index contributed by atoms with van der Waals surface area (Å²) in [5.74, 6) is 0.888. The maximum atomic E-state index is 13.1. The molecule has 0 radical (unpaired) electrons. The molecule has 4 aromatic rings. The highest BCUT2D eigenvalue weighted by molar-refractivity contribution is 7.70. The van der Waals surface area contributed by atoms with E-state index in [9.17, 15) is 23.7 Å². The van der Waals surface area contributed by atoms with Gasteiger partial charge < -0.3 is 29.2 Å². The number of rotatable bonds is 15. The van der Waals surface area contributed by atoms with Crippen molar-refractivity contribution < 1.29 is 33.2 Å². The highest BCUT2D eigenvalue weighted by Crippen LogP contribution is 2.37. The Kier molecular flexibility index (Phi) is 14.0. The molecule has 0 saturated carbocycles. The first kappa shape index (κ1) is 45.2. The van der Waals surface area contributed by atoms with Crippen molar-refractivity contribution in [2.24, 2.45) is 0 Å². The number of carbonyl (C=O) groups excluding carboxylic acids is 4. The summed E-state index contributed by atoms with van der Waals surface area (Å²) in [6.45, 7) is 10.0. The van der Waals surface area contributed by atoms with Crippen molar-refractivity contribution in [1.29, 1.82) is 0 Å². The van der Waals surface area contributed by atoms with Crippen LogP contribution in [0, 0.1) is 0 Å². The van der Waals surface area contributed by atoms with Crippen molar-refractivity contribution in [2.45, 2.75) is 57.2 Å². The van der Waals surface area contributed by atoms with Gasteiger partial charge in [-0.05, 0) is 56.4 Å². The van der Waals surface area contributed by atoms with E-state index in [4.69, 9.17) is 26.1 Å². The van der Waals surface area contributed by atoms with Crippen LogP contribution in [0.15, 0.2) is 66.9 Å². The third kappa shape index (κ3) is 10.4. The van der Waals surface area contributed by atoms with Gasteiger partial charge in [-0.2, -0.15) is 0 Å². The first-order chi connectivity index (χ1) is 30.8. The van der Waals surface area contributed by atoms with Crippen LogP contribution in [0.2, 0.25) is 5.02 Å². The quantitative estimate of drug-likeness (QED) is 0.0998. The fourth-order valence-corrected chi connectivity index (χ4v) is 10.8. The molecule has 2 N–H and O–H groups in total. The van der Waals surface area contributed by atoms with Crippen LogP contribution in [0.4, 0.5) is 5.69 Å². The summed E-state index contributed by atoms with van der Waals surface area (Å²) in [5, 5.41) is 6.62. The van der Waals surface area contributed by atoms with E-state index in [2.05, 4.69) is 48.5 Å². The van der Waals surface area contributed by atoms with E-state index >= 15 is 0 Å². The molecule has 8 rings (SSSR count). The van der Waals surface area contributed by atoms with Crippen LogP contribution in [-0.4, -0.2) is 140 Å². The molecule has 0 bridgehead atoms. The van der Waals surface area contributed by atoms with Gasteiger partial charge in [-0.1, -0.05) is 48.0 Å². The van der Waals surface area contributed by atoms with E-state index < -0.39 is 19.1 Å². The molecule has 3 fully saturated rings. The van der Waals surface area contributed by atoms with Gasteiger partial charge in [-0.25, -0.2) is 9.97 Å². The third-order valence-electron chi connectivity index (χ3n) is 12.8. The number of amides is 4. The molecule has 3 aromatic carbocycles. The molecule has 0 spiro atoms. The molecule has 1 aromatic heterocycles. The molecule has 1 unspecified atom stereocenters. The van der Waals surface area contributed by atoms with Crippen molar-refractivity contribution in [3.05, 3.63) is 106 Å². The zero-order valence-corrected chi connectivity index (χ0v) is 38.3. The molecule has 338 valence electrons. The number of benzene rings is 3. The monoisotopic (exact) mass is 910 g/mol. The lowest BCUT2D eigenvalue weighted by atomic mass is 10.0. The molecule has 4 aliphatic heterocycles. The van der Waals surface area contributed by atoms with Crippen LogP contribution in [0.5, 0.6) is 11.5 Å². The number of imide groups is 1. The number of halogens is 1. The third-order valence-corrected chi connectivity index (χ3v) is 14.7. The number of nitrogens with one attached hydrogen (secondary N) is 2. The molecule has 17 heteroatoms. The SMILES string of the molecule is COc1cc(N2CCC(N3CCN(CC(=O)NCCOc4cccc5c4CN(C4CCC(=O)NC4=O)C5=O)CC3)CC2)ccc1Cc1ncc(Cl)c(Cc2ccccc2P(C)(C)=O)n1. The van der Waals surface area contributed by atoms with Crippen molar-refractivity contribution in [1.82, 2.24) is 35.3 Å². The minimum atomic E-state index is -2.48. The van der Waals surface area contributed by atoms with Gasteiger partial charge >= 0.3 is 0 Å². The number of hydrogen-bond donors (Lipinski definition) is 2. The highest BCUT2D eigenvalue weighted by Gasteiger charge is 2.40. The van der Waals surface area contributed by atoms with Gasteiger partial charge in [0.2, 0.25) is 17.7 Å². The largest absolute Gasteiger partial charge is 0.496 e. The fraction of sp³-hybridized carbons (Fsp3) is 0.447. The van der Waals surface area contributed by atoms with E-state index in [1.807, 2.05) is 24.3 Å². The molecule has 64 heavy (non-hydrogen) atoms. The molecule has 3 saturated heterocycles. The van der Waals surface area contributed by atoms with Gasteiger partial charge in [-0.15, -0.1) is 0 Å². The van der Waals surface area contributed by atoms with Gasteiger partial charge in [0.1, 0.15) is 37.1 Å². The summed E-state index contributed by atoms with van der Waals surface area (Å²) < 4.78 is 24.9. The van der Waals surface area contributed by atoms with E-state index in [-0.39, 0.29) is 37.3 Å². The van der Waals surface area contributed by atoms with Crippen LogP contribution in [0.1, 0.15) is 64.2 Å². The standard InChI is InChI=1S/C47H56ClN8O7P/c1-62-41-27-34(12-11-31(41)26-43-50-28-37(48)38(51-43)25-32-7-4-5-10-42(32)64(2,3)61)54-18-15-33(16-19-54)55-22-20-53(21-23-55)30-45(58)49-17-24-63-40-9-6-8-35-36(40)29-56(47(35)60)39-13-14-44(57)52-46(39)59/h4-12,27-28,33,39H,13-26,29-30H2,1-3H3,(H,49,58)(H,52,57,59). The van der Waals surface area contributed by atoms with E-state index in [1.165, 1.54) is 4.90 Å². The highest BCUT2D eigenvalue weighted by atomic mass is 35.5. The van der Waals surface area contributed by atoms with Crippen molar-refractivity contribution in [3.8, 4) is 11.5 Å². The number of nitrogens with zero attached hydrogens (tertiary/aromatic N) is 6. The Morgan fingerprint density at radius 3 is 2.45 bits per heavy atom. The molecule has 1 atom stereocenters. The predicted octanol–water partition coefficient (Wildman–Crippen LogP) is 4.11. The molecule has 4 aliphatic rings. The minimum Gasteiger partial charge on any atom is -0.496 e. The molecule has 15 nitrogen and oxygen atoms in total. The van der Waals surface area contributed by atoms with Gasteiger partial charge in [0.25, 0.3) is 5.91 Å².